The summed E-state index contributed by atoms with van der Waals surface area (Å²) in [6.07, 6.45) is 5.45. The van der Waals surface area contributed by atoms with Crippen molar-refractivity contribution in [2.24, 2.45) is 0 Å². The summed E-state index contributed by atoms with van der Waals surface area (Å²) in [6.45, 7) is 2.10. The highest BCUT2D eigenvalue weighted by Gasteiger charge is 2.17. The summed E-state index contributed by atoms with van der Waals surface area (Å²) in [5.74, 6) is -0.0219. The van der Waals surface area contributed by atoms with E-state index in [1.165, 1.54) is 0 Å². The Morgan fingerprint density at radius 1 is 1.32 bits per heavy atom. The van der Waals surface area contributed by atoms with Gasteiger partial charge in [0.25, 0.3) is 0 Å². The van der Waals surface area contributed by atoms with E-state index < -0.39 is 0 Å². The van der Waals surface area contributed by atoms with Crippen LogP contribution in [0.15, 0.2) is 30.3 Å². The Kier molecular flexibility index (Phi) is 4.58. The molecule has 4 nitrogen and oxygen atoms in total. The number of anilines is 1. The van der Waals surface area contributed by atoms with Gasteiger partial charge in [-0.2, -0.15) is 0 Å². The van der Waals surface area contributed by atoms with E-state index in [9.17, 15) is 4.79 Å². The van der Waals surface area contributed by atoms with Gasteiger partial charge in [0.1, 0.15) is 0 Å². The lowest BCUT2D eigenvalue weighted by molar-refractivity contribution is -0.117. The summed E-state index contributed by atoms with van der Waals surface area (Å²) >= 11 is 0. The third-order valence-electron chi connectivity index (χ3n) is 3.43. The number of nitrogen functional groups attached to an aromatic ring is 1. The van der Waals surface area contributed by atoms with Crippen LogP contribution in [0.25, 0.3) is 6.08 Å². The molecule has 1 fully saturated rings. The summed E-state index contributed by atoms with van der Waals surface area (Å²) in [7, 11) is 2.11. The van der Waals surface area contributed by atoms with Gasteiger partial charge in [-0.15, -0.1) is 0 Å². The minimum Gasteiger partial charge on any atom is -0.399 e. The van der Waals surface area contributed by atoms with Crippen LogP contribution in [0.1, 0.15) is 18.4 Å². The molecule has 1 aromatic carbocycles. The van der Waals surface area contributed by atoms with Crippen LogP contribution in [-0.2, 0) is 4.79 Å². The van der Waals surface area contributed by atoms with Crippen LogP contribution in [0.5, 0.6) is 0 Å². The Hall–Kier alpha value is -1.81. The topological polar surface area (TPSA) is 58.4 Å². The smallest absolute Gasteiger partial charge is 0.244 e. The average molecular weight is 259 g/mol. The van der Waals surface area contributed by atoms with E-state index in [-0.39, 0.29) is 5.91 Å². The molecule has 19 heavy (non-hydrogen) atoms. The number of benzene rings is 1. The number of nitrogens with two attached hydrogens (primary N) is 1. The first-order valence-corrected chi connectivity index (χ1v) is 6.66. The van der Waals surface area contributed by atoms with Gasteiger partial charge in [0, 0.05) is 17.8 Å². The zero-order valence-electron chi connectivity index (χ0n) is 11.3. The summed E-state index contributed by atoms with van der Waals surface area (Å²) in [5, 5.41) is 3.04. The molecule has 0 aliphatic carbocycles. The standard InChI is InChI=1S/C15H21N3O/c1-18-10-8-14(9-11-18)17-15(19)7-4-12-2-5-13(16)6-3-12/h2-7,14H,8-11,16H2,1H3,(H,17,19)/b7-4+. The second-order valence-electron chi connectivity index (χ2n) is 5.09. The monoisotopic (exact) mass is 259 g/mol. The van der Waals surface area contributed by atoms with Crippen molar-refractivity contribution in [1.29, 1.82) is 0 Å². The Morgan fingerprint density at radius 2 is 1.95 bits per heavy atom. The van der Waals surface area contributed by atoms with Crippen molar-refractivity contribution in [3.8, 4) is 0 Å². The highest BCUT2D eigenvalue weighted by Crippen LogP contribution is 2.09. The molecule has 1 aliphatic heterocycles. The van der Waals surface area contributed by atoms with E-state index in [0.717, 1.165) is 37.2 Å². The molecule has 1 amide bonds. The predicted molar refractivity (Wildman–Crippen MR) is 78.6 cm³/mol. The zero-order chi connectivity index (χ0) is 13.7. The molecule has 0 atom stereocenters. The van der Waals surface area contributed by atoms with Crippen molar-refractivity contribution in [3.63, 3.8) is 0 Å². The van der Waals surface area contributed by atoms with E-state index in [1.54, 1.807) is 6.08 Å². The lowest BCUT2D eigenvalue weighted by Gasteiger charge is -2.29. The van der Waals surface area contributed by atoms with Gasteiger partial charge in [-0.05, 0) is 56.8 Å². The molecular weight excluding hydrogens is 238 g/mol. The van der Waals surface area contributed by atoms with Crippen LogP contribution in [-0.4, -0.2) is 37.0 Å². The van der Waals surface area contributed by atoms with Crippen LogP contribution in [0, 0.1) is 0 Å². The molecular formula is C15H21N3O. The van der Waals surface area contributed by atoms with Gasteiger partial charge in [0.15, 0.2) is 0 Å². The van der Waals surface area contributed by atoms with Crippen LogP contribution in [0.4, 0.5) is 5.69 Å². The maximum absolute atomic E-state index is 11.8. The number of nitrogens with zero attached hydrogens (tertiary/aromatic N) is 1. The number of nitrogens with one attached hydrogen (secondary N) is 1. The van der Waals surface area contributed by atoms with Gasteiger partial charge >= 0.3 is 0 Å². The second kappa shape index (κ2) is 6.38. The number of carbonyl (C=O) groups excluding carboxylic acids is 1. The lowest BCUT2D eigenvalue weighted by Crippen LogP contribution is -2.42. The summed E-state index contributed by atoms with van der Waals surface area (Å²) in [4.78, 5) is 14.1. The lowest BCUT2D eigenvalue weighted by atomic mass is 10.1. The van der Waals surface area contributed by atoms with E-state index in [1.807, 2.05) is 30.3 Å². The highest BCUT2D eigenvalue weighted by molar-refractivity contribution is 5.91. The van der Waals surface area contributed by atoms with Crippen molar-refractivity contribution in [2.45, 2.75) is 18.9 Å². The number of rotatable bonds is 3. The average Bonchev–Trinajstić information content (AvgIpc) is 2.41. The molecule has 1 aliphatic rings. The van der Waals surface area contributed by atoms with Gasteiger partial charge in [-0.1, -0.05) is 12.1 Å². The Labute approximate surface area is 114 Å². The molecule has 0 bridgehead atoms. The van der Waals surface area contributed by atoms with Crippen LogP contribution >= 0.6 is 0 Å². The largest absolute Gasteiger partial charge is 0.399 e. The minimum absolute atomic E-state index is 0.0219. The number of hydrogen-bond acceptors (Lipinski definition) is 3. The van der Waals surface area contributed by atoms with Crippen LogP contribution in [0.3, 0.4) is 0 Å². The number of likely N-dealkylation sites (tertiary alicyclic amines) is 1. The second-order valence-corrected chi connectivity index (χ2v) is 5.09. The number of piperidine rings is 1. The summed E-state index contributed by atoms with van der Waals surface area (Å²) in [5.41, 5.74) is 7.32. The first-order chi connectivity index (χ1) is 9.13. The van der Waals surface area contributed by atoms with Crippen molar-refractivity contribution in [1.82, 2.24) is 10.2 Å². The molecule has 0 aromatic heterocycles. The molecule has 0 radical (unpaired) electrons. The van der Waals surface area contributed by atoms with Crippen molar-refractivity contribution >= 4 is 17.7 Å². The zero-order valence-corrected chi connectivity index (χ0v) is 11.3. The molecule has 1 saturated heterocycles. The van der Waals surface area contributed by atoms with Crippen molar-refractivity contribution < 1.29 is 4.79 Å². The van der Waals surface area contributed by atoms with Gasteiger partial charge < -0.3 is 16.0 Å². The Bertz CT molecular complexity index is 445. The number of amides is 1. The SMILES string of the molecule is CN1CCC(NC(=O)/C=C/c2ccc(N)cc2)CC1. The maximum atomic E-state index is 11.8. The van der Waals surface area contributed by atoms with E-state index in [2.05, 4.69) is 17.3 Å². The number of hydrogen-bond donors (Lipinski definition) is 2. The fraction of sp³-hybridized carbons (Fsp3) is 0.400. The molecule has 0 saturated carbocycles. The molecule has 1 aromatic rings. The fourth-order valence-corrected chi connectivity index (χ4v) is 2.18. The highest BCUT2D eigenvalue weighted by atomic mass is 16.1. The third-order valence-corrected chi connectivity index (χ3v) is 3.43. The van der Waals surface area contributed by atoms with Gasteiger partial charge in [0.2, 0.25) is 5.91 Å². The third kappa shape index (κ3) is 4.41. The molecule has 2 rings (SSSR count). The quantitative estimate of drug-likeness (QED) is 0.639. The molecule has 3 N–H and O–H groups in total. The maximum Gasteiger partial charge on any atom is 0.244 e. The molecule has 4 heteroatoms. The molecule has 102 valence electrons. The van der Waals surface area contributed by atoms with Crippen molar-refractivity contribution in [3.05, 3.63) is 35.9 Å². The fourth-order valence-electron chi connectivity index (χ4n) is 2.18. The van der Waals surface area contributed by atoms with E-state index in [0.29, 0.717) is 6.04 Å². The van der Waals surface area contributed by atoms with Crippen LogP contribution in [0.2, 0.25) is 0 Å². The van der Waals surface area contributed by atoms with E-state index in [4.69, 9.17) is 5.73 Å². The molecule has 0 spiro atoms. The number of carbonyl (C=O) groups is 1. The van der Waals surface area contributed by atoms with Gasteiger partial charge in [0.05, 0.1) is 0 Å². The normalized spacial score (nSPS) is 17.7. The van der Waals surface area contributed by atoms with E-state index >= 15 is 0 Å². The van der Waals surface area contributed by atoms with Crippen molar-refractivity contribution in [2.75, 3.05) is 25.9 Å². The summed E-state index contributed by atoms with van der Waals surface area (Å²) in [6, 6.07) is 7.76. The van der Waals surface area contributed by atoms with Crippen LogP contribution < -0.4 is 11.1 Å². The molecule has 0 unspecified atom stereocenters. The van der Waals surface area contributed by atoms with Gasteiger partial charge in [-0.25, -0.2) is 0 Å². The summed E-state index contributed by atoms with van der Waals surface area (Å²) < 4.78 is 0. The molecule has 1 heterocycles. The predicted octanol–water partition coefficient (Wildman–Crippen LogP) is 1.49. The Balaban J connectivity index is 1.82. The first-order valence-electron chi connectivity index (χ1n) is 6.66. The van der Waals surface area contributed by atoms with Gasteiger partial charge in [-0.3, -0.25) is 4.79 Å². The minimum atomic E-state index is -0.0219. The first kappa shape index (κ1) is 13.6. The Morgan fingerprint density at radius 3 is 2.58 bits per heavy atom.